The second kappa shape index (κ2) is 7.27. The fourth-order valence-corrected chi connectivity index (χ4v) is 3.08. The number of benzene rings is 2. The summed E-state index contributed by atoms with van der Waals surface area (Å²) in [5.41, 5.74) is -1.72. The molecule has 0 radical (unpaired) electrons. The fraction of sp³-hybridized carbons (Fsp3) is 0.158. The van der Waals surface area contributed by atoms with Gasteiger partial charge in [-0.1, -0.05) is 29.8 Å². The van der Waals surface area contributed by atoms with Gasteiger partial charge in [-0.2, -0.15) is 13.2 Å². The Bertz CT molecular complexity index is 1070. The summed E-state index contributed by atoms with van der Waals surface area (Å²) in [7, 11) is 3.11. The van der Waals surface area contributed by atoms with Gasteiger partial charge in [0.25, 0.3) is 5.91 Å². The topological polar surface area (TPSA) is 45.2 Å². The number of hydrogen-bond donors (Lipinski definition) is 1. The van der Waals surface area contributed by atoms with Crippen LogP contribution in [-0.4, -0.2) is 29.9 Å². The van der Waals surface area contributed by atoms with Crippen molar-refractivity contribution in [1.29, 1.82) is 0 Å². The molecule has 0 unspecified atom stereocenters. The first kappa shape index (κ1) is 19.9. The van der Waals surface area contributed by atoms with Crippen molar-refractivity contribution in [3.8, 4) is 0 Å². The molecule has 1 aromatic heterocycles. The lowest BCUT2D eigenvalue weighted by Gasteiger charge is -2.18. The van der Waals surface area contributed by atoms with Crippen molar-refractivity contribution < 1.29 is 22.4 Å². The smallest absolute Gasteiger partial charge is 0.345 e. The Morgan fingerprint density at radius 2 is 1.82 bits per heavy atom. The van der Waals surface area contributed by atoms with E-state index in [0.717, 1.165) is 18.2 Å². The first-order chi connectivity index (χ1) is 13.1. The van der Waals surface area contributed by atoms with E-state index in [1.165, 1.54) is 11.1 Å². The molecule has 3 aromatic rings. The number of aromatic nitrogens is 1. The fourth-order valence-electron chi connectivity index (χ4n) is 2.81. The third kappa shape index (κ3) is 3.60. The quantitative estimate of drug-likeness (QED) is 0.579. The molecule has 0 bridgehead atoms. The minimum atomic E-state index is -4.90. The summed E-state index contributed by atoms with van der Waals surface area (Å²) in [6.45, 7) is 0. The largest absolute Gasteiger partial charge is 0.421 e. The highest BCUT2D eigenvalue weighted by molar-refractivity contribution is 6.37. The third-order valence-corrected chi connectivity index (χ3v) is 4.36. The van der Waals surface area contributed by atoms with E-state index in [1.54, 1.807) is 32.3 Å². The summed E-state index contributed by atoms with van der Waals surface area (Å²) in [4.78, 5) is 17.8. The van der Waals surface area contributed by atoms with Crippen molar-refractivity contribution in [2.45, 2.75) is 6.18 Å². The summed E-state index contributed by atoms with van der Waals surface area (Å²) in [6.07, 6.45) is -3.67. The van der Waals surface area contributed by atoms with Crippen molar-refractivity contribution in [2.75, 3.05) is 19.4 Å². The van der Waals surface area contributed by atoms with Crippen molar-refractivity contribution in [3.63, 3.8) is 0 Å². The molecule has 1 N–H and O–H groups in total. The van der Waals surface area contributed by atoms with Gasteiger partial charge in [0.1, 0.15) is 17.2 Å². The normalized spacial score (nSPS) is 11.5. The number of nitrogens with one attached hydrogen (secondary N) is 1. The second-order valence-corrected chi connectivity index (χ2v) is 6.57. The van der Waals surface area contributed by atoms with Crippen molar-refractivity contribution in [3.05, 3.63) is 64.6 Å². The summed E-state index contributed by atoms with van der Waals surface area (Å²) in [5, 5.41) is 3.44. The Hall–Kier alpha value is -2.87. The van der Waals surface area contributed by atoms with Gasteiger partial charge in [0, 0.05) is 36.1 Å². The van der Waals surface area contributed by atoms with Gasteiger partial charge in [-0.3, -0.25) is 4.79 Å². The van der Waals surface area contributed by atoms with Crippen LogP contribution in [0.5, 0.6) is 0 Å². The van der Waals surface area contributed by atoms with Crippen molar-refractivity contribution in [2.24, 2.45) is 0 Å². The van der Waals surface area contributed by atoms with Crippen LogP contribution in [0.1, 0.15) is 15.9 Å². The van der Waals surface area contributed by atoms with Gasteiger partial charge >= 0.3 is 6.18 Å². The highest BCUT2D eigenvalue weighted by Gasteiger charge is 2.37. The molecule has 28 heavy (non-hydrogen) atoms. The second-order valence-electron chi connectivity index (χ2n) is 6.17. The van der Waals surface area contributed by atoms with Crippen LogP contribution in [-0.2, 0) is 6.18 Å². The first-order valence-corrected chi connectivity index (χ1v) is 8.40. The molecule has 146 valence electrons. The summed E-state index contributed by atoms with van der Waals surface area (Å²) < 4.78 is 53.7. The standard InChI is InChI=1S/C19H14ClF4N3O/c1-27(2)18(28)11-9-25-17(10-5-3-6-12(20)15(10)11)26-14-8-4-7-13(21)16(14)19(22,23)24/h3-9H,1-2H3,(H,25,26). The minimum Gasteiger partial charge on any atom is -0.345 e. The van der Waals surface area contributed by atoms with Gasteiger partial charge in [-0.25, -0.2) is 9.37 Å². The molecule has 1 heterocycles. The number of nitrogens with zero attached hydrogens (tertiary/aromatic N) is 2. The van der Waals surface area contributed by atoms with E-state index in [0.29, 0.717) is 10.8 Å². The third-order valence-electron chi connectivity index (χ3n) is 4.05. The molecule has 3 rings (SSSR count). The van der Waals surface area contributed by atoms with Crippen LogP contribution >= 0.6 is 11.6 Å². The molecule has 4 nitrogen and oxygen atoms in total. The minimum absolute atomic E-state index is 0.0175. The van der Waals surface area contributed by atoms with E-state index in [9.17, 15) is 22.4 Å². The molecule has 0 saturated heterocycles. The monoisotopic (exact) mass is 411 g/mol. The van der Waals surface area contributed by atoms with Gasteiger partial charge < -0.3 is 10.2 Å². The number of carbonyl (C=O) groups excluding carboxylic acids is 1. The van der Waals surface area contributed by atoms with E-state index in [4.69, 9.17) is 11.6 Å². The molecule has 9 heteroatoms. The van der Waals surface area contributed by atoms with Crippen molar-refractivity contribution in [1.82, 2.24) is 9.88 Å². The van der Waals surface area contributed by atoms with Crippen LogP contribution in [0.3, 0.4) is 0 Å². The van der Waals surface area contributed by atoms with Crippen LogP contribution in [0.15, 0.2) is 42.6 Å². The van der Waals surface area contributed by atoms with E-state index < -0.39 is 23.2 Å². The van der Waals surface area contributed by atoms with Crippen LogP contribution in [0, 0.1) is 5.82 Å². The Morgan fingerprint density at radius 1 is 1.14 bits per heavy atom. The number of rotatable bonds is 3. The number of pyridine rings is 1. The van der Waals surface area contributed by atoms with E-state index >= 15 is 0 Å². The highest BCUT2D eigenvalue weighted by Crippen LogP contribution is 2.39. The molecule has 0 atom stereocenters. The predicted molar refractivity (Wildman–Crippen MR) is 99.5 cm³/mol. The zero-order valence-corrected chi connectivity index (χ0v) is 15.5. The number of halogens is 5. The van der Waals surface area contributed by atoms with E-state index in [-0.39, 0.29) is 22.3 Å². The number of carbonyl (C=O) groups is 1. The molecular formula is C19H14ClF4N3O. The van der Waals surface area contributed by atoms with Crippen LogP contribution < -0.4 is 5.32 Å². The van der Waals surface area contributed by atoms with Gasteiger partial charge in [0.15, 0.2) is 0 Å². The lowest BCUT2D eigenvalue weighted by atomic mass is 10.1. The van der Waals surface area contributed by atoms with Gasteiger partial charge in [-0.05, 0) is 18.2 Å². The first-order valence-electron chi connectivity index (χ1n) is 8.03. The summed E-state index contributed by atoms with van der Waals surface area (Å²) in [6, 6.07) is 7.70. The zero-order chi connectivity index (χ0) is 20.6. The number of hydrogen-bond acceptors (Lipinski definition) is 3. The van der Waals surface area contributed by atoms with Crippen molar-refractivity contribution >= 4 is 39.8 Å². The lowest BCUT2D eigenvalue weighted by Crippen LogP contribution is -2.22. The number of amides is 1. The maximum atomic E-state index is 13.8. The molecule has 0 spiro atoms. The van der Waals surface area contributed by atoms with Crippen LogP contribution in [0.4, 0.5) is 29.1 Å². The summed E-state index contributed by atoms with van der Waals surface area (Å²) in [5.74, 6) is -1.75. The molecule has 2 aromatic carbocycles. The van der Waals surface area contributed by atoms with Gasteiger partial charge in [0.05, 0.1) is 11.3 Å². The number of fused-ring (bicyclic) bond motifs is 1. The molecule has 0 aliphatic rings. The molecular weight excluding hydrogens is 398 g/mol. The lowest BCUT2D eigenvalue weighted by molar-refractivity contribution is -0.139. The molecule has 0 aliphatic carbocycles. The summed E-state index contributed by atoms with van der Waals surface area (Å²) >= 11 is 6.25. The number of anilines is 2. The molecule has 0 aliphatic heterocycles. The van der Waals surface area contributed by atoms with Gasteiger partial charge in [-0.15, -0.1) is 0 Å². The maximum absolute atomic E-state index is 13.8. The molecule has 0 fully saturated rings. The Balaban J connectivity index is 2.20. The zero-order valence-electron chi connectivity index (χ0n) is 14.7. The predicted octanol–water partition coefficient (Wildman–Crippen LogP) is 5.49. The average molecular weight is 412 g/mol. The van der Waals surface area contributed by atoms with Gasteiger partial charge in [0.2, 0.25) is 0 Å². The molecule has 0 saturated carbocycles. The van der Waals surface area contributed by atoms with Crippen LogP contribution in [0.2, 0.25) is 5.02 Å². The van der Waals surface area contributed by atoms with E-state index in [2.05, 4.69) is 10.3 Å². The SMILES string of the molecule is CN(C)C(=O)c1cnc(Nc2cccc(F)c2C(F)(F)F)c2cccc(Cl)c12. The Morgan fingerprint density at radius 3 is 2.46 bits per heavy atom. The average Bonchev–Trinajstić information content (AvgIpc) is 2.60. The molecule has 1 amide bonds. The maximum Gasteiger partial charge on any atom is 0.421 e. The Labute approximate surface area is 162 Å². The number of alkyl halides is 3. The Kier molecular flexibility index (Phi) is 5.16. The van der Waals surface area contributed by atoms with Crippen LogP contribution in [0.25, 0.3) is 10.8 Å². The highest BCUT2D eigenvalue weighted by atomic mass is 35.5. The van der Waals surface area contributed by atoms with E-state index in [1.807, 2.05) is 0 Å².